The summed E-state index contributed by atoms with van der Waals surface area (Å²) < 4.78 is 0. The molecule has 0 radical (unpaired) electrons. The second kappa shape index (κ2) is 9.57. The Morgan fingerprint density at radius 2 is 2.12 bits per heavy atom. The highest BCUT2D eigenvalue weighted by atomic mass is 32.2. The molecule has 1 aliphatic rings. The van der Waals surface area contributed by atoms with Crippen molar-refractivity contribution in [3.05, 3.63) is 35.4 Å². The van der Waals surface area contributed by atoms with Gasteiger partial charge in [0.05, 0.1) is 0 Å². The molecule has 6 heteroatoms. The van der Waals surface area contributed by atoms with Crippen LogP contribution in [0, 0.1) is 0 Å². The minimum Gasteiger partial charge on any atom is -0.352 e. The predicted octanol–water partition coefficient (Wildman–Crippen LogP) is 2.86. The molecule has 132 valence electrons. The summed E-state index contributed by atoms with van der Waals surface area (Å²) in [6.07, 6.45) is 5.54. The van der Waals surface area contributed by atoms with E-state index in [4.69, 9.17) is 0 Å². The quantitative estimate of drug-likeness (QED) is 0.859. The number of rotatable bonds is 5. The lowest BCUT2D eigenvalue weighted by Crippen LogP contribution is -2.42. The van der Waals surface area contributed by atoms with E-state index in [0.29, 0.717) is 23.9 Å². The van der Waals surface area contributed by atoms with Crippen LogP contribution in [-0.2, 0) is 6.54 Å². The van der Waals surface area contributed by atoms with Gasteiger partial charge in [0.1, 0.15) is 0 Å². The van der Waals surface area contributed by atoms with E-state index in [9.17, 15) is 9.59 Å². The van der Waals surface area contributed by atoms with Crippen LogP contribution in [0.1, 0.15) is 42.1 Å². The Labute approximate surface area is 148 Å². The maximum Gasteiger partial charge on any atom is 0.317 e. The van der Waals surface area contributed by atoms with Crippen molar-refractivity contribution in [3.63, 3.8) is 0 Å². The monoisotopic (exact) mass is 349 g/mol. The van der Waals surface area contributed by atoms with E-state index >= 15 is 0 Å². The van der Waals surface area contributed by atoms with Gasteiger partial charge in [-0.2, -0.15) is 11.8 Å². The van der Waals surface area contributed by atoms with E-state index in [1.165, 1.54) is 12.8 Å². The van der Waals surface area contributed by atoms with Crippen molar-refractivity contribution in [1.29, 1.82) is 0 Å². The average Bonchev–Trinajstić information content (AvgIpc) is 2.86. The number of thioether (sulfide) groups is 1. The van der Waals surface area contributed by atoms with E-state index in [-0.39, 0.29) is 11.9 Å². The second-order valence-corrected chi connectivity index (χ2v) is 7.16. The first-order chi connectivity index (χ1) is 11.6. The van der Waals surface area contributed by atoms with Gasteiger partial charge in [0.15, 0.2) is 0 Å². The fourth-order valence-electron chi connectivity index (χ4n) is 2.85. The molecule has 1 aliphatic heterocycles. The van der Waals surface area contributed by atoms with E-state index in [1.807, 2.05) is 41.8 Å². The van der Waals surface area contributed by atoms with Crippen molar-refractivity contribution in [2.75, 3.05) is 25.9 Å². The highest BCUT2D eigenvalue weighted by molar-refractivity contribution is 7.99. The summed E-state index contributed by atoms with van der Waals surface area (Å²) in [4.78, 5) is 26.2. The van der Waals surface area contributed by atoms with Gasteiger partial charge < -0.3 is 15.5 Å². The Balaban J connectivity index is 1.91. The summed E-state index contributed by atoms with van der Waals surface area (Å²) >= 11 is 1.84. The summed E-state index contributed by atoms with van der Waals surface area (Å²) in [5.74, 6) is -0.0824. The Kier molecular flexibility index (Phi) is 7.43. The SMILES string of the molecule is CCNC(=O)c1cccc(CNC(=O)N2CCCC[C@@H](SC)C2)c1. The predicted molar refractivity (Wildman–Crippen MR) is 99.4 cm³/mol. The normalized spacial score (nSPS) is 17.9. The Morgan fingerprint density at radius 1 is 1.29 bits per heavy atom. The lowest BCUT2D eigenvalue weighted by Gasteiger charge is -2.24. The third-order valence-corrected chi connectivity index (χ3v) is 5.27. The van der Waals surface area contributed by atoms with Crippen molar-refractivity contribution in [2.45, 2.75) is 38.0 Å². The largest absolute Gasteiger partial charge is 0.352 e. The molecule has 1 saturated heterocycles. The van der Waals surface area contributed by atoms with E-state index in [0.717, 1.165) is 25.1 Å². The topological polar surface area (TPSA) is 61.4 Å². The zero-order valence-electron chi connectivity index (χ0n) is 14.5. The highest BCUT2D eigenvalue weighted by Crippen LogP contribution is 2.20. The molecule has 1 aromatic carbocycles. The molecule has 0 spiro atoms. The molecule has 24 heavy (non-hydrogen) atoms. The molecule has 0 saturated carbocycles. The number of hydrogen-bond acceptors (Lipinski definition) is 3. The van der Waals surface area contributed by atoms with Crippen LogP contribution >= 0.6 is 11.8 Å². The van der Waals surface area contributed by atoms with Crippen LogP contribution in [0.25, 0.3) is 0 Å². The van der Waals surface area contributed by atoms with Crippen LogP contribution in [0.5, 0.6) is 0 Å². The molecule has 1 fully saturated rings. The molecule has 5 nitrogen and oxygen atoms in total. The van der Waals surface area contributed by atoms with Crippen molar-refractivity contribution in [1.82, 2.24) is 15.5 Å². The van der Waals surface area contributed by atoms with Crippen molar-refractivity contribution < 1.29 is 9.59 Å². The molecule has 2 rings (SSSR count). The maximum atomic E-state index is 12.4. The minimum absolute atomic E-state index is 0.0145. The van der Waals surface area contributed by atoms with E-state index in [2.05, 4.69) is 16.9 Å². The number of urea groups is 1. The molecule has 3 amide bonds. The molecule has 1 aromatic rings. The summed E-state index contributed by atoms with van der Waals surface area (Å²) in [5, 5.41) is 6.30. The molecule has 0 unspecified atom stereocenters. The Hall–Kier alpha value is -1.69. The molecule has 0 aromatic heterocycles. The third kappa shape index (κ3) is 5.44. The summed E-state index contributed by atoms with van der Waals surface area (Å²) in [6.45, 7) is 4.57. The molecule has 1 heterocycles. The number of carbonyl (C=O) groups excluding carboxylic acids is 2. The van der Waals surface area contributed by atoms with Gasteiger partial charge in [0.2, 0.25) is 0 Å². The van der Waals surface area contributed by atoms with Gasteiger partial charge in [-0.15, -0.1) is 0 Å². The van der Waals surface area contributed by atoms with Crippen LogP contribution in [0.2, 0.25) is 0 Å². The molecule has 1 atom stereocenters. The molecule has 0 bridgehead atoms. The highest BCUT2D eigenvalue weighted by Gasteiger charge is 2.21. The minimum atomic E-state index is -0.0824. The fourth-order valence-corrected chi connectivity index (χ4v) is 3.59. The number of amides is 3. The lowest BCUT2D eigenvalue weighted by atomic mass is 10.1. The van der Waals surface area contributed by atoms with Crippen molar-refractivity contribution in [3.8, 4) is 0 Å². The third-order valence-electron chi connectivity index (χ3n) is 4.22. The summed E-state index contributed by atoms with van der Waals surface area (Å²) in [7, 11) is 0. The first-order valence-electron chi connectivity index (χ1n) is 8.56. The Morgan fingerprint density at radius 3 is 2.88 bits per heavy atom. The maximum absolute atomic E-state index is 12.4. The molecular formula is C18H27N3O2S. The second-order valence-electron chi connectivity index (χ2n) is 6.02. The fraction of sp³-hybridized carbons (Fsp3) is 0.556. The number of likely N-dealkylation sites (tertiary alicyclic amines) is 1. The van der Waals surface area contributed by atoms with Crippen LogP contribution in [0.3, 0.4) is 0 Å². The van der Waals surface area contributed by atoms with Gasteiger partial charge in [0.25, 0.3) is 5.91 Å². The zero-order chi connectivity index (χ0) is 17.4. The van der Waals surface area contributed by atoms with E-state index in [1.54, 1.807) is 6.07 Å². The van der Waals surface area contributed by atoms with Gasteiger partial charge in [-0.05, 0) is 43.7 Å². The van der Waals surface area contributed by atoms with Crippen LogP contribution in [0.15, 0.2) is 24.3 Å². The van der Waals surface area contributed by atoms with Crippen LogP contribution < -0.4 is 10.6 Å². The van der Waals surface area contributed by atoms with Gasteiger partial charge in [-0.25, -0.2) is 4.79 Å². The van der Waals surface area contributed by atoms with Crippen molar-refractivity contribution in [2.24, 2.45) is 0 Å². The molecular weight excluding hydrogens is 322 g/mol. The van der Waals surface area contributed by atoms with Gasteiger partial charge in [0, 0.05) is 37.0 Å². The zero-order valence-corrected chi connectivity index (χ0v) is 15.3. The smallest absolute Gasteiger partial charge is 0.317 e. The number of nitrogens with zero attached hydrogens (tertiary/aromatic N) is 1. The van der Waals surface area contributed by atoms with Gasteiger partial charge >= 0.3 is 6.03 Å². The number of benzene rings is 1. The molecule has 0 aliphatic carbocycles. The van der Waals surface area contributed by atoms with Crippen LogP contribution in [-0.4, -0.2) is 48.0 Å². The molecule has 2 N–H and O–H groups in total. The Bertz CT molecular complexity index is 565. The average molecular weight is 350 g/mol. The number of nitrogens with one attached hydrogen (secondary N) is 2. The van der Waals surface area contributed by atoms with Gasteiger partial charge in [-0.1, -0.05) is 18.6 Å². The number of carbonyl (C=O) groups is 2. The van der Waals surface area contributed by atoms with Crippen LogP contribution in [0.4, 0.5) is 4.79 Å². The summed E-state index contributed by atoms with van der Waals surface area (Å²) in [5.41, 5.74) is 1.56. The summed E-state index contributed by atoms with van der Waals surface area (Å²) in [6, 6.07) is 7.38. The standard InChI is InChI=1S/C18H27N3O2S/c1-3-19-17(22)15-8-6-7-14(11-15)12-20-18(23)21-10-5-4-9-16(13-21)24-2/h6-8,11,16H,3-5,9-10,12-13H2,1-2H3,(H,19,22)(H,20,23)/t16-/m1/s1. The first kappa shape index (κ1) is 18.6. The number of hydrogen-bond donors (Lipinski definition) is 2. The van der Waals surface area contributed by atoms with E-state index < -0.39 is 0 Å². The lowest BCUT2D eigenvalue weighted by molar-refractivity contribution is 0.0955. The van der Waals surface area contributed by atoms with Gasteiger partial charge in [-0.3, -0.25) is 4.79 Å². The first-order valence-corrected chi connectivity index (χ1v) is 9.85. The van der Waals surface area contributed by atoms with Crippen molar-refractivity contribution >= 4 is 23.7 Å².